The highest BCUT2D eigenvalue weighted by Gasteiger charge is 2.21. The third kappa shape index (κ3) is 5.07. The summed E-state index contributed by atoms with van der Waals surface area (Å²) in [7, 11) is 0. The molecule has 1 heterocycles. The van der Waals surface area contributed by atoms with Gasteiger partial charge in [0.1, 0.15) is 0 Å². The van der Waals surface area contributed by atoms with Gasteiger partial charge in [0.05, 0.1) is 6.54 Å². The van der Waals surface area contributed by atoms with Crippen LogP contribution in [0, 0.1) is 5.92 Å². The zero-order chi connectivity index (χ0) is 12.7. The van der Waals surface area contributed by atoms with Gasteiger partial charge in [-0.1, -0.05) is 27.2 Å². The molecule has 0 radical (unpaired) electrons. The van der Waals surface area contributed by atoms with E-state index in [9.17, 15) is 4.79 Å². The van der Waals surface area contributed by atoms with Gasteiger partial charge in [-0.05, 0) is 38.3 Å². The Bertz CT molecular complexity index is 230. The van der Waals surface area contributed by atoms with Crippen LogP contribution < -0.4 is 0 Å². The number of unbranched alkanes of at least 4 members (excludes halogenated alkanes) is 1. The van der Waals surface area contributed by atoms with Crippen molar-refractivity contribution < 1.29 is 4.79 Å². The van der Waals surface area contributed by atoms with Gasteiger partial charge < -0.3 is 4.90 Å². The molecule has 3 nitrogen and oxygen atoms in total. The lowest BCUT2D eigenvalue weighted by Crippen LogP contribution is -2.44. The molecule has 1 fully saturated rings. The van der Waals surface area contributed by atoms with E-state index in [2.05, 4.69) is 30.6 Å². The number of hydrogen-bond donors (Lipinski definition) is 0. The van der Waals surface area contributed by atoms with Gasteiger partial charge in [-0.3, -0.25) is 9.69 Å². The second-order valence-corrected chi connectivity index (χ2v) is 5.31. The number of carbonyl (C=O) groups excluding carboxylic acids is 1. The summed E-state index contributed by atoms with van der Waals surface area (Å²) in [6.45, 7) is 11.2. The summed E-state index contributed by atoms with van der Waals surface area (Å²) >= 11 is 0. The van der Waals surface area contributed by atoms with Crippen molar-refractivity contribution in [2.45, 2.75) is 46.5 Å². The third-order valence-corrected chi connectivity index (χ3v) is 3.64. The van der Waals surface area contributed by atoms with Crippen molar-refractivity contribution in [2.24, 2.45) is 5.92 Å². The standard InChI is InChI=1S/C14H28N2O/c1-4-6-9-15(5-2)12-14(17)16-10-7-8-13(3)11-16/h13H,4-12H2,1-3H3. The average Bonchev–Trinajstić information content (AvgIpc) is 2.34. The lowest BCUT2D eigenvalue weighted by atomic mass is 10.0. The molecule has 1 saturated heterocycles. The van der Waals surface area contributed by atoms with Gasteiger partial charge in [0.15, 0.2) is 0 Å². The highest BCUT2D eigenvalue weighted by atomic mass is 16.2. The van der Waals surface area contributed by atoms with E-state index >= 15 is 0 Å². The number of carbonyl (C=O) groups is 1. The molecule has 1 atom stereocenters. The van der Waals surface area contributed by atoms with E-state index in [1.807, 2.05) is 0 Å². The van der Waals surface area contributed by atoms with Crippen LogP contribution >= 0.6 is 0 Å². The molecule has 1 amide bonds. The molecule has 0 aromatic heterocycles. The summed E-state index contributed by atoms with van der Waals surface area (Å²) < 4.78 is 0. The summed E-state index contributed by atoms with van der Waals surface area (Å²) in [6, 6.07) is 0. The lowest BCUT2D eigenvalue weighted by molar-refractivity contribution is -0.134. The van der Waals surface area contributed by atoms with E-state index in [1.165, 1.54) is 25.7 Å². The maximum Gasteiger partial charge on any atom is 0.236 e. The Kier molecular flexibility index (Phi) is 6.56. The van der Waals surface area contributed by atoms with Crippen LogP contribution in [0.3, 0.4) is 0 Å². The third-order valence-electron chi connectivity index (χ3n) is 3.64. The van der Waals surface area contributed by atoms with Crippen LogP contribution in [0.2, 0.25) is 0 Å². The Balaban J connectivity index is 2.35. The first-order valence-corrected chi connectivity index (χ1v) is 7.17. The Morgan fingerprint density at radius 1 is 1.41 bits per heavy atom. The number of amides is 1. The van der Waals surface area contributed by atoms with Crippen molar-refractivity contribution in [3.05, 3.63) is 0 Å². The van der Waals surface area contributed by atoms with E-state index in [-0.39, 0.29) is 0 Å². The molecule has 0 spiro atoms. The van der Waals surface area contributed by atoms with Crippen molar-refractivity contribution in [3.8, 4) is 0 Å². The molecular formula is C14H28N2O. The number of nitrogens with zero attached hydrogens (tertiary/aromatic N) is 2. The summed E-state index contributed by atoms with van der Waals surface area (Å²) in [5.41, 5.74) is 0. The fraction of sp³-hybridized carbons (Fsp3) is 0.929. The van der Waals surface area contributed by atoms with Gasteiger partial charge in [-0.25, -0.2) is 0 Å². The first kappa shape index (κ1) is 14.5. The molecule has 0 N–H and O–H groups in total. The van der Waals surface area contributed by atoms with Crippen LogP contribution in [0.5, 0.6) is 0 Å². The highest BCUT2D eigenvalue weighted by Crippen LogP contribution is 2.15. The van der Waals surface area contributed by atoms with E-state index in [0.717, 1.165) is 26.2 Å². The Morgan fingerprint density at radius 2 is 2.18 bits per heavy atom. The molecule has 0 aromatic rings. The van der Waals surface area contributed by atoms with E-state index in [0.29, 0.717) is 18.4 Å². The Hall–Kier alpha value is -0.570. The first-order valence-electron chi connectivity index (χ1n) is 7.17. The second-order valence-electron chi connectivity index (χ2n) is 5.31. The maximum atomic E-state index is 12.2. The van der Waals surface area contributed by atoms with Crippen LogP contribution in [0.15, 0.2) is 0 Å². The highest BCUT2D eigenvalue weighted by molar-refractivity contribution is 5.78. The molecule has 0 aliphatic carbocycles. The summed E-state index contributed by atoms with van der Waals surface area (Å²) in [5.74, 6) is 1.01. The predicted octanol–water partition coefficient (Wildman–Crippen LogP) is 2.37. The van der Waals surface area contributed by atoms with Crippen molar-refractivity contribution in [3.63, 3.8) is 0 Å². The molecule has 0 saturated carbocycles. The largest absolute Gasteiger partial charge is 0.341 e. The number of likely N-dealkylation sites (N-methyl/N-ethyl adjacent to an activating group) is 1. The van der Waals surface area contributed by atoms with E-state index < -0.39 is 0 Å². The van der Waals surface area contributed by atoms with Crippen LogP contribution in [-0.2, 0) is 4.79 Å². The first-order chi connectivity index (χ1) is 8.17. The molecule has 1 rings (SSSR count). The molecule has 0 bridgehead atoms. The van der Waals surface area contributed by atoms with E-state index in [1.54, 1.807) is 0 Å². The van der Waals surface area contributed by atoms with Gasteiger partial charge in [0.25, 0.3) is 0 Å². The molecule has 1 aliphatic heterocycles. The number of hydrogen-bond acceptors (Lipinski definition) is 2. The number of rotatable bonds is 6. The van der Waals surface area contributed by atoms with Crippen molar-refractivity contribution >= 4 is 5.91 Å². The SMILES string of the molecule is CCCCN(CC)CC(=O)N1CCCC(C)C1. The summed E-state index contributed by atoms with van der Waals surface area (Å²) in [6.07, 6.45) is 4.84. The molecule has 1 unspecified atom stereocenters. The summed E-state index contributed by atoms with van der Waals surface area (Å²) in [5, 5.41) is 0. The molecule has 0 aromatic carbocycles. The Labute approximate surface area is 106 Å². The van der Waals surface area contributed by atoms with Gasteiger partial charge in [-0.15, -0.1) is 0 Å². The molecule has 3 heteroatoms. The van der Waals surface area contributed by atoms with Gasteiger partial charge in [-0.2, -0.15) is 0 Å². The van der Waals surface area contributed by atoms with Crippen LogP contribution in [0.25, 0.3) is 0 Å². The number of piperidine rings is 1. The number of likely N-dealkylation sites (tertiary alicyclic amines) is 1. The van der Waals surface area contributed by atoms with Crippen molar-refractivity contribution in [1.82, 2.24) is 9.80 Å². The van der Waals surface area contributed by atoms with E-state index in [4.69, 9.17) is 0 Å². The van der Waals surface area contributed by atoms with Crippen molar-refractivity contribution in [1.29, 1.82) is 0 Å². The minimum Gasteiger partial charge on any atom is -0.341 e. The smallest absolute Gasteiger partial charge is 0.236 e. The molecular weight excluding hydrogens is 212 g/mol. The maximum absolute atomic E-state index is 12.2. The van der Waals surface area contributed by atoms with Gasteiger partial charge in [0.2, 0.25) is 5.91 Å². The lowest BCUT2D eigenvalue weighted by Gasteiger charge is -2.32. The topological polar surface area (TPSA) is 23.6 Å². The molecule has 100 valence electrons. The zero-order valence-corrected chi connectivity index (χ0v) is 11.7. The van der Waals surface area contributed by atoms with Gasteiger partial charge >= 0.3 is 0 Å². The van der Waals surface area contributed by atoms with Crippen LogP contribution in [-0.4, -0.2) is 48.4 Å². The summed E-state index contributed by atoms with van der Waals surface area (Å²) in [4.78, 5) is 16.5. The predicted molar refractivity (Wildman–Crippen MR) is 72.0 cm³/mol. The zero-order valence-electron chi connectivity index (χ0n) is 11.7. The fourth-order valence-electron chi connectivity index (χ4n) is 2.44. The minimum absolute atomic E-state index is 0.328. The van der Waals surface area contributed by atoms with Crippen molar-refractivity contribution in [2.75, 3.05) is 32.7 Å². The monoisotopic (exact) mass is 240 g/mol. The Morgan fingerprint density at radius 3 is 2.76 bits per heavy atom. The van der Waals surface area contributed by atoms with Crippen LogP contribution in [0.4, 0.5) is 0 Å². The van der Waals surface area contributed by atoms with Crippen LogP contribution in [0.1, 0.15) is 46.5 Å². The van der Waals surface area contributed by atoms with Gasteiger partial charge in [0, 0.05) is 13.1 Å². The normalized spacial score (nSPS) is 20.9. The minimum atomic E-state index is 0.328. The second kappa shape index (κ2) is 7.70. The molecule has 1 aliphatic rings. The fourth-order valence-corrected chi connectivity index (χ4v) is 2.44. The molecule has 17 heavy (non-hydrogen) atoms. The average molecular weight is 240 g/mol. The quantitative estimate of drug-likeness (QED) is 0.711.